The summed E-state index contributed by atoms with van der Waals surface area (Å²) in [6.07, 6.45) is 1.51. The molecular weight excluding hydrogens is 255 g/mol. The zero-order valence-corrected chi connectivity index (χ0v) is 9.26. The Hall–Kier alpha value is -0.740. The minimum absolute atomic E-state index is 0.520. The highest BCUT2D eigenvalue weighted by molar-refractivity contribution is 9.10. The number of hydrazone groups is 1. The number of methoxy groups -OCH3 is 1. The first-order valence-electron chi connectivity index (χ1n) is 3.45. The van der Waals surface area contributed by atoms with Crippen LogP contribution in [0.4, 0.5) is 0 Å². The van der Waals surface area contributed by atoms with Crippen LogP contribution in [0.15, 0.2) is 21.7 Å². The molecule has 2 N–H and O–H groups in total. The molecule has 5 heteroatoms. The normalized spacial score (nSPS) is 10.7. The van der Waals surface area contributed by atoms with Crippen molar-refractivity contribution in [3.8, 4) is 5.75 Å². The fourth-order valence-corrected chi connectivity index (χ4v) is 1.99. The van der Waals surface area contributed by atoms with Crippen molar-refractivity contribution in [1.82, 2.24) is 0 Å². The molecule has 0 spiro atoms. The lowest BCUT2D eigenvalue weighted by atomic mass is 10.2. The van der Waals surface area contributed by atoms with Crippen molar-refractivity contribution in [2.24, 2.45) is 10.9 Å². The molecule has 1 rings (SSSR count). The molecule has 0 aliphatic carbocycles. The maximum atomic E-state index is 5.91. The van der Waals surface area contributed by atoms with Crippen molar-refractivity contribution < 1.29 is 4.74 Å². The van der Waals surface area contributed by atoms with Crippen LogP contribution in [0.3, 0.4) is 0 Å². The van der Waals surface area contributed by atoms with E-state index in [0.717, 1.165) is 10.0 Å². The molecule has 0 radical (unpaired) electrons. The summed E-state index contributed by atoms with van der Waals surface area (Å²) in [6, 6.07) is 3.54. The third kappa shape index (κ3) is 2.35. The first-order chi connectivity index (χ1) is 6.19. The van der Waals surface area contributed by atoms with Gasteiger partial charge in [0.25, 0.3) is 0 Å². The Kier molecular flexibility index (Phi) is 3.57. The molecule has 0 saturated carbocycles. The number of hydrogen-bond acceptors (Lipinski definition) is 3. The Balaban J connectivity index is 3.20. The molecule has 1 aromatic carbocycles. The van der Waals surface area contributed by atoms with Gasteiger partial charge in [0.05, 0.1) is 22.8 Å². The molecule has 0 aliphatic rings. The highest BCUT2D eigenvalue weighted by atomic mass is 79.9. The molecule has 0 unspecified atom stereocenters. The monoisotopic (exact) mass is 262 g/mol. The van der Waals surface area contributed by atoms with Crippen molar-refractivity contribution in [3.63, 3.8) is 0 Å². The lowest BCUT2D eigenvalue weighted by Crippen LogP contribution is -1.90. The van der Waals surface area contributed by atoms with E-state index in [1.807, 2.05) is 6.07 Å². The Bertz CT molecular complexity index is 318. The molecule has 0 amide bonds. The van der Waals surface area contributed by atoms with Gasteiger partial charge in [-0.2, -0.15) is 5.10 Å². The molecule has 0 saturated heterocycles. The minimum Gasteiger partial charge on any atom is -0.494 e. The number of ether oxygens (including phenoxy) is 1. The molecule has 0 aromatic heterocycles. The third-order valence-electron chi connectivity index (χ3n) is 1.45. The summed E-state index contributed by atoms with van der Waals surface area (Å²) in [5.74, 6) is 5.62. The fraction of sp³-hybridized carbons (Fsp3) is 0.125. The van der Waals surface area contributed by atoms with E-state index in [-0.39, 0.29) is 0 Å². The molecule has 3 nitrogen and oxygen atoms in total. The number of halogens is 2. The molecule has 0 heterocycles. The van der Waals surface area contributed by atoms with Crippen molar-refractivity contribution in [1.29, 1.82) is 0 Å². The zero-order chi connectivity index (χ0) is 9.84. The van der Waals surface area contributed by atoms with E-state index in [0.29, 0.717) is 10.8 Å². The molecule has 0 fully saturated rings. The summed E-state index contributed by atoms with van der Waals surface area (Å²) in [6.45, 7) is 0. The number of rotatable bonds is 2. The smallest absolute Gasteiger partial charge is 0.151 e. The van der Waals surface area contributed by atoms with E-state index in [1.54, 1.807) is 13.2 Å². The molecule has 0 atom stereocenters. The summed E-state index contributed by atoms with van der Waals surface area (Å²) in [5.41, 5.74) is 0.820. The van der Waals surface area contributed by atoms with Gasteiger partial charge in [-0.25, -0.2) is 0 Å². The Morgan fingerprint density at radius 3 is 2.77 bits per heavy atom. The molecule has 0 bridgehead atoms. The average molecular weight is 264 g/mol. The van der Waals surface area contributed by atoms with E-state index in [9.17, 15) is 0 Å². The number of nitrogens with zero attached hydrogens (tertiary/aromatic N) is 1. The van der Waals surface area contributed by atoms with Crippen LogP contribution in [-0.4, -0.2) is 13.3 Å². The zero-order valence-electron chi connectivity index (χ0n) is 6.92. The van der Waals surface area contributed by atoms with Gasteiger partial charge in [0.15, 0.2) is 5.75 Å². The van der Waals surface area contributed by atoms with E-state index < -0.39 is 0 Å². The number of benzene rings is 1. The van der Waals surface area contributed by atoms with Gasteiger partial charge in [-0.05, 0) is 33.6 Å². The van der Waals surface area contributed by atoms with E-state index in [1.165, 1.54) is 6.21 Å². The van der Waals surface area contributed by atoms with E-state index >= 15 is 0 Å². The largest absolute Gasteiger partial charge is 0.494 e. The second kappa shape index (κ2) is 4.48. The standard InChI is InChI=1S/C8H8BrClN2O/c1-13-8-6(9)2-5(4-12-11)3-7(8)10/h2-4H,11H2,1H3. The van der Waals surface area contributed by atoms with Crippen LogP contribution < -0.4 is 10.6 Å². The first kappa shape index (κ1) is 10.3. The number of nitrogens with two attached hydrogens (primary N) is 1. The van der Waals surface area contributed by atoms with Gasteiger partial charge in [0.1, 0.15) is 0 Å². The molecule has 70 valence electrons. The van der Waals surface area contributed by atoms with Crippen LogP contribution in [0.5, 0.6) is 5.75 Å². The summed E-state index contributed by atoms with van der Waals surface area (Å²) in [7, 11) is 1.56. The van der Waals surface area contributed by atoms with Crippen LogP contribution >= 0.6 is 27.5 Å². The topological polar surface area (TPSA) is 47.6 Å². The Morgan fingerprint density at radius 2 is 2.31 bits per heavy atom. The Morgan fingerprint density at radius 1 is 1.62 bits per heavy atom. The Labute approximate surface area is 89.7 Å². The first-order valence-corrected chi connectivity index (χ1v) is 4.62. The van der Waals surface area contributed by atoms with Crippen molar-refractivity contribution >= 4 is 33.7 Å². The van der Waals surface area contributed by atoms with E-state index in [4.69, 9.17) is 22.2 Å². The lowest BCUT2D eigenvalue weighted by molar-refractivity contribution is 0.412. The second-order valence-corrected chi connectivity index (χ2v) is 3.56. The highest BCUT2D eigenvalue weighted by Gasteiger charge is 2.06. The minimum atomic E-state index is 0.520. The molecule has 13 heavy (non-hydrogen) atoms. The van der Waals surface area contributed by atoms with Crippen molar-refractivity contribution in [2.45, 2.75) is 0 Å². The third-order valence-corrected chi connectivity index (χ3v) is 2.32. The maximum Gasteiger partial charge on any atom is 0.151 e. The maximum absolute atomic E-state index is 5.91. The molecular formula is C8H8BrClN2O. The van der Waals surface area contributed by atoms with Gasteiger partial charge in [-0.1, -0.05) is 11.6 Å². The van der Waals surface area contributed by atoms with Crippen LogP contribution in [0.25, 0.3) is 0 Å². The number of hydrogen-bond donors (Lipinski definition) is 1. The van der Waals surface area contributed by atoms with Crippen LogP contribution in [-0.2, 0) is 0 Å². The summed E-state index contributed by atoms with van der Waals surface area (Å²) in [5, 5.41) is 3.92. The predicted octanol–water partition coefficient (Wildman–Crippen LogP) is 2.40. The van der Waals surface area contributed by atoms with Crippen LogP contribution in [0.2, 0.25) is 5.02 Å². The summed E-state index contributed by atoms with van der Waals surface area (Å²) < 4.78 is 5.83. The van der Waals surface area contributed by atoms with Crippen LogP contribution in [0.1, 0.15) is 5.56 Å². The fourth-order valence-electron chi connectivity index (χ4n) is 0.935. The van der Waals surface area contributed by atoms with Gasteiger partial charge < -0.3 is 10.6 Å². The second-order valence-electron chi connectivity index (χ2n) is 2.30. The predicted molar refractivity (Wildman–Crippen MR) is 57.5 cm³/mol. The highest BCUT2D eigenvalue weighted by Crippen LogP contribution is 2.33. The van der Waals surface area contributed by atoms with Gasteiger partial charge >= 0.3 is 0 Å². The van der Waals surface area contributed by atoms with Crippen molar-refractivity contribution in [3.05, 3.63) is 27.2 Å². The van der Waals surface area contributed by atoms with Crippen LogP contribution in [0, 0.1) is 0 Å². The van der Waals surface area contributed by atoms with Gasteiger partial charge in [0.2, 0.25) is 0 Å². The molecule has 0 aliphatic heterocycles. The van der Waals surface area contributed by atoms with Gasteiger partial charge in [-0.15, -0.1) is 0 Å². The molecule has 1 aromatic rings. The summed E-state index contributed by atoms with van der Waals surface area (Å²) >= 11 is 9.23. The van der Waals surface area contributed by atoms with Gasteiger partial charge in [-0.3, -0.25) is 0 Å². The van der Waals surface area contributed by atoms with Gasteiger partial charge in [0, 0.05) is 0 Å². The SMILES string of the molecule is COc1c(Cl)cc(C=NN)cc1Br. The quantitative estimate of drug-likeness (QED) is 0.506. The summed E-state index contributed by atoms with van der Waals surface area (Å²) in [4.78, 5) is 0. The average Bonchev–Trinajstić information content (AvgIpc) is 2.04. The van der Waals surface area contributed by atoms with Crippen molar-refractivity contribution in [2.75, 3.05) is 7.11 Å². The van der Waals surface area contributed by atoms with E-state index in [2.05, 4.69) is 21.0 Å². The lowest BCUT2D eigenvalue weighted by Gasteiger charge is -2.05.